The molecular weight excluding hydrogens is 279 g/mol. The lowest BCUT2D eigenvalue weighted by molar-refractivity contribution is -0.143. The second-order valence-corrected chi connectivity index (χ2v) is 6.91. The fourth-order valence-electron chi connectivity index (χ4n) is 5.41. The van der Waals surface area contributed by atoms with Crippen LogP contribution >= 0.6 is 0 Å². The number of alkyl halides is 3. The number of hydrogen-bond donors (Lipinski definition) is 1. The Labute approximate surface area is 121 Å². The zero-order chi connectivity index (χ0) is 14.8. The van der Waals surface area contributed by atoms with Gasteiger partial charge in [0, 0.05) is 18.0 Å². The molecule has 1 aromatic heterocycles. The Morgan fingerprint density at radius 2 is 2.00 bits per heavy atom. The van der Waals surface area contributed by atoms with E-state index in [0.29, 0.717) is 24.2 Å². The quantitative estimate of drug-likeness (QED) is 0.856. The molecule has 5 atom stereocenters. The highest BCUT2D eigenvalue weighted by molar-refractivity contribution is 5.35. The average Bonchev–Trinajstić information content (AvgIpc) is 3.08. The van der Waals surface area contributed by atoms with Crippen molar-refractivity contribution in [3.63, 3.8) is 0 Å². The minimum Gasteiger partial charge on any atom is -0.385 e. The maximum absolute atomic E-state index is 13.2. The molecular formula is C16H18F3NO. The van der Waals surface area contributed by atoms with Crippen molar-refractivity contribution < 1.29 is 18.3 Å². The third-order valence-corrected chi connectivity index (χ3v) is 6.08. The summed E-state index contributed by atoms with van der Waals surface area (Å²) in [6.45, 7) is 0. The second-order valence-electron chi connectivity index (χ2n) is 6.91. The first-order valence-electron chi connectivity index (χ1n) is 7.65. The Morgan fingerprint density at radius 3 is 2.76 bits per heavy atom. The van der Waals surface area contributed by atoms with Gasteiger partial charge in [-0.25, -0.2) is 0 Å². The van der Waals surface area contributed by atoms with E-state index in [9.17, 15) is 18.3 Å². The molecule has 0 spiro atoms. The first-order valence-corrected chi connectivity index (χ1v) is 7.65. The fraction of sp³-hybridized carbons (Fsp3) is 0.688. The number of rotatable bonds is 1. The summed E-state index contributed by atoms with van der Waals surface area (Å²) in [5.74, 6) is 1.38. The molecule has 3 aliphatic rings. The van der Waals surface area contributed by atoms with Crippen molar-refractivity contribution >= 4 is 0 Å². The largest absolute Gasteiger partial charge is 0.416 e. The maximum atomic E-state index is 13.2. The molecule has 3 aliphatic carbocycles. The molecule has 114 valence electrons. The summed E-state index contributed by atoms with van der Waals surface area (Å²) in [6, 6.07) is 0.991. The molecule has 4 rings (SSSR count). The lowest BCUT2D eigenvalue weighted by atomic mass is 9.69. The van der Waals surface area contributed by atoms with Crippen LogP contribution in [0, 0.1) is 23.7 Å². The van der Waals surface area contributed by atoms with Gasteiger partial charge in [0.2, 0.25) is 0 Å². The molecule has 0 saturated heterocycles. The summed E-state index contributed by atoms with van der Waals surface area (Å²) in [5, 5.41) is 11.1. The molecule has 0 aromatic carbocycles. The zero-order valence-corrected chi connectivity index (χ0v) is 11.6. The van der Waals surface area contributed by atoms with Gasteiger partial charge in [0.1, 0.15) is 0 Å². The summed E-state index contributed by atoms with van der Waals surface area (Å²) >= 11 is 0. The van der Waals surface area contributed by atoms with Crippen LogP contribution in [0.25, 0.3) is 0 Å². The Balaban J connectivity index is 1.78. The predicted molar refractivity (Wildman–Crippen MR) is 70.2 cm³/mol. The second kappa shape index (κ2) is 4.22. The molecule has 5 heteroatoms. The molecule has 3 saturated carbocycles. The van der Waals surface area contributed by atoms with E-state index in [0.717, 1.165) is 31.5 Å². The number of halogens is 3. The molecule has 0 amide bonds. The van der Waals surface area contributed by atoms with Gasteiger partial charge in [-0.3, -0.25) is 4.98 Å². The summed E-state index contributed by atoms with van der Waals surface area (Å²) in [4.78, 5) is 3.86. The van der Waals surface area contributed by atoms with Gasteiger partial charge in [0.05, 0.1) is 11.2 Å². The third-order valence-electron chi connectivity index (χ3n) is 6.08. The monoisotopic (exact) mass is 297 g/mol. The van der Waals surface area contributed by atoms with Gasteiger partial charge in [-0.15, -0.1) is 0 Å². The highest BCUT2D eigenvalue weighted by atomic mass is 19.4. The van der Waals surface area contributed by atoms with Crippen molar-refractivity contribution in [1.82, 2.24) is 4.98 Å². The van der Waals surface area contributed by atoms with Crippen molar-refractivity contribution in [3.8, 4) is 0 Å². The average molecular weight is 297 g/mol. The summed E-state index contributed by atoms with van der Waals surface area (Å²) in [7, 11) is 0. The standard InChI is InChI=1S/C16H18F3NO/c17-16(18,19)12-4-5-20-8-14(12)15(21)7-9-6-13(15)11-3-1-2-10(9)11/h4-5,8-11,13,21H,1-3,6-7H2. The lowest BCUT2D eigenvalue weighted by Crippen LogP contribution is -2.40. The van der Waals surface area contributed by atoms with Crippen LogP contribution in [0.3, 0.4) is 0 Å². The Morgan fingerprint density at radius 1 is 1.24 bits per heavy atom. The lowest BCUT2D eigenvalue weighted by Gasteiger charge is -2.40. The molecule has 2 bridgehead atoms. The van der Waals surface area contributed by atoms with Gasteiger partial charge < -0.3 is 5.11 Å². The maximum Gasteiger partial charge on any atom is 0.416 e. The van der Waals surface area contributed by atoms with Crippen LogP contribution in [-0.4, -0.2) is 10.1 Å². The Hall–Kier alpha value is -1.10. The molecule has 0 aliphatic heterocycles. The van der Waals surface area contributed by atoms with E-state index >= 15 is 0 Å². The topological polar surface area (TPSA) is 33.1 Å². The number of aliphatic hydroxyl groups is 1. The van der Waals surface area contributed by atoms with Crippen LogP contribution in [0.1, 0.15) is 43.2 Å². The van der Waals surface area contributed by atoms with E-state index in [1.807, 2.05) is 0 Å². The van der Waals surface area contributed by atoms with Gasteiger partial charge in [0.15, 0.2) is 0 Å². The Kier molecular flexibility index (Phi) is 2.72. The molecule has 0 radical (unpaired) electrons. The minimum absolute atomic E-state index is 0.00431. The van der Waals surface area contributed by atoms with E-state index in [1.165, 1.54) is 12.6 Å². The summed E-state index contributed by atoms with van der Waals surface area (Å²) in [5.41, 5.74) is -2.06. The number of hydrogen-bond acceptors (Lipinski definition) is 2. The van der Waals surface area contributed by atoms with Crippen LogP contribution in [-0.2, 0) is 11.8 Å². The number of fused-ring (bicyclic) bond motifs is 5. The molecule has 3 fully saturated rings. The van der Waals surface area contributed by atoms with Crippen LogP contribution in [0.2, 0.25) is 0 Å². The molecule has 5 unspecified atom stereocenters. The van der Waals surface area contributed by atoms with E-state index in [1.54, 1.807) is 0 Å². The summed E-state index contributed by atoms with van der Waals surface area (Å²) < 4.78 is 39.7. The fourth-order valence-corrected chi connectivity index (χ4v) is 5.41. The first-order chi connectivity index (χ1) is 9.91. The number of aromatic nitrogens is 1. The van der Waals surface area contributed by atoms with E-state index in [4.69, 9.17) is 0 Å². The van der Waals surface area contributed by atoms with Crippen LogP contribution < -0.4 is 0 Å². The van der Waals surface area contributed by atoms with Gasteiger partial charge in [-0.2, -0.15) is 13.2 Å². The van der Waals surface area contributed by atoms with E-state index < -0.39 is 17.3 Å². The van der Waals surface area contributed by atoms with Crippen molar-refractivity contribution in [1.29, 1.82) is 0 Å². The number of pyridine rings is 1. The smallest absolute Gasteiger partial charge is 0.385 e. The SMILES string of the molecule is OC1(c2cnccc2C(F)(F)F)CC2CC1C1CCCC21. The van der Waals surface area contributed by atoms with Gasteiger partial charge in [0.25, 0.3) is 0 Å². The highest BCUT2D eigenvalue weighted by Crippen LogP contribution is 2.65. The normalized spacial score (nSPS) is 41.5. The summed E-state index contributed by atoms with van der Waals surface area (Å²) in [6.07, 6.45) is 2.67. The highest BCUT2D eigenvalue weighted by Gasteiger charge is 2.62. The minimum atomic E-state index is -4.44. The Bertz CT molecular complexity index is 573. The van der Waals surface area contributed by atoms with E-state index in [2.05, 4.69) is 4.98 Å². The van der Waals surface area contributed by atoms with E-state index in [-0.39, 0.29) is 11.5 Å². The van der Waals surface area contributed by atoms with Crippen molar-refractivity contribution in [2.24, 2.45) is 23.7 Å². The molecule has 1 aromatic rings. The van der Waals surface area contributed by atoms with Gasteiger partial charge in [-0.05, 0) is 55.4 Å². The molecule has 1 N–H and O–H groups in total. The van der Waals surface area contributed by atoms with Gasteiger partial charge in [-0.1, -0.05) is 6.42 Å². The molecule has 21 heavy (non-hydrogen) atoms. The number of nitrogens with zero attached hydrogens (tertiary/aromatic N) is 1. The van der Waals surface area contributed by atoms with Crippen molar-refractivity contribution in [2.75, 3.05) is 0 Å². The molecule has 2 nitrogen and oxygen atoms in total. The third kappa shape index (κ3) is 1.79. The van der Waals surface area contributed by atoms with Crippen LogP contribution in [0.4, 0.5) is 13.2 Å². The van der Waals surface area contributed by atoms with Crippen LogP contribution in [0.15, 0.2) is 18.5 Å². The van der Waals surface area contributed by atoms with Crippen molar-refractivity contribution in [2.45, 2.75) is 43.9 Å². The first kappa shape index (κ1) is 13.6. The van der Waals surface area contributed by atoms with Crippen molar-refractivity contribution in [3.05, 3.63) is 29.6 Å². The predicted octanol–water partition coefficient (Wildman–Crippen LogP) is 3.74. The molecule has 1 heterocycles. The van der Waals surface area contributed by atoms with Crippen LogP contribution in [0.5, 0.6) is 0 Å². The zero-order valence-electron chi connectivity index (χ0n) is 11.6. The van der Waals surface area contributed by atoms with Gasteiger partial charge >= 0.3 is 6.18 Å².